The van der Waals surface area contributed by atoms with E-state index in [9.17, 15) is 13.6 Å². The van der Waals surface area contributed by atoms with Crippen molar-refractivity contribution in [3.8, 4) is 0 Å². The third kappa shape index (κ3) is 4.21. The van der Waals surface area contributed by atoms with E-state index < -0.39 is 23.7 Å². The van der Waals surface area contributed by atoms with Gasteiger partial charge in [-0.2, -0.15) is 0 Å². The standard InChI is InChI=1S/C11H14F2N2O2S/c1-11(2,3)18-5-7-14-4-6(10(16)17)8(15-7)9(12)13/h4,9H,5H2,1-3H3,(H,16,17). The molecular weight excluding hydrogens is 262 g/mol. The highest BCUT2D eigenvalue weighted by atomic mass is 32.2. The minimum atomic E-state index is -2.92. The van der Waals surface area contributed by atoms with Crippen molar-refractivity contribution in [2.24, 2.45) is 0 Å². The van der Waals surface area contributed by atoms with Gasteiger partial charge in [-0.25, -0.2) is 23.5 Å². The summed E-state index contributed by atoms with van der Waals surface area (Å²) in [4.78, 5) is 18.2. The van der Waals surface area contributed by atoms with Crippen LogP contribution >= 0.6 is 11.8 Å². The SMILES string of the molecule is CC(C)(C)SCc1ncc(C(=O)O)c(C(F)F)n1. The number of alkyl halides is 2. The predicted octanol–water partition coefficient (Wildman–Crippen LogP) is 3.14. The molecule has 0 radical (unpaired) electrons. The molecule has 0 fully saturated rings. The summed E-state index contributed by atoms with van der Waals surface area (Å²) in [7, 11) is 0. The molecule has 1 aromatic rings. The molecule has 0 aliphatic heterocycles. The average Bonchev–Trinajstić information content (AvgIpc) is 2.24. The van der Waals surface area contributed by atoms with Crippen LogP contribution in [0.3, 0.4) is 0 Å². The molecule has 0 amide bonds. The van der Waals surface area contributed by atoms with Gasteiger partial charge in [0, 0.05) is 10.9 Å². The maximum Gasteiger partial charge on any atom is 0.339 e. The maximum absolute atomic E-state index is 12.7. The number of rotatable bonds is 4. The van der Waals surface area contributed by atoms with E-state index in [1.54, 1.807) is 0 Å². The minimum absolute atomic E-state index is 0.0418. The van der Waals surface area contributed by atoms with Crippen molar-refractivity contribution in [3.63, 3.8) is 0 Å². The van der Waals surface area contributed by atoms with Crippen molar-refractivity contribution in [2.45, 2.75) is 37.7 Å². The van der Waals surface area contributed by atoms with Crippen molar-refractivity contribution in [2.75, 3.05) is 0 Å². The Labute approximate surface area is 108 Å². The molecule has 0 saturated heterocycles. The summed E-state index contributed by atoms with van der Waals surface area (Å²) in [6.45, 7) is 5.95. The fourth-order valence-electron chi connectivity index (χ4n) is 1.12. The highest BCUT2D eigenvalue weighted by molar-refractivity contribution is 7.99. The van der Waals surface area contributed by atoms with Gasteiger partial charge in [-0.3, -0.25) is 0 Å². The first-order chi connectivity index (χ1) is 8.20. The van der Waals surface area contributed by atoms with Crippen LogP contribution in [0.15, 0.2) is 6.20 Å². The third-order valence-electron chi connectivity index (χ3n) is 1.94. The number of thioether (sulfide) groups is 1. The van der Waals surface area contributed by atoms with Gasteiger partial charge in [-0.15, -0.1) is 11.8 Å². The predicted molar refractivity (Wildman–Crippen MR) is 65.0 cm³/mol. The van der Waals surface area contributed by atoms with Gasteiger partial charge in [0.2, 0.25) is 0 Å². The van der Waals surface area contributed by atoms with Crippen LogP contribution in [0.5, 0.6) is 0 Å². The second kappa shape index (κ2) is 5.60. The van der Waals surface area contributed by atoms with Gasteiger partial charge in [0.05, 0.1) is 5.75 Å². The molecule has 0 aliphatic rings. The van der Waals surface area contributed by atoms with Gasteiger partial charge in [-0.1, -0.05) is 20.8 Å². The Kier molecular flexibility index (Phi) is 4.61. The van der Waals surface area contributed by atoms with E-state index >= 15 is 0 Å². The summed E-state index contributed by atoms with van der Waals surface area (Å²) in [5.74, 6) is -0.862. The quantitative estimate of drug-likeness (QED) is 0.915. The molecule has 0 aromatic carbocycles. The van der Waals surface area contributed by atoms with Crippen molar-refractivity contribution in [1.82, 2.24) is 9.97 Å². The van der Waals surface area contributed by atoms with Crippen LogP contribution in [0.25, 0.3) is 0 Å². The van der Waals surface area contributed by atoms with E-state index in [1.807, 2.05) is 20.8 Å². The third-order valence-corrected chi connectivity index (χ3v) is 3.21. The number of aromatic nitrogens is 2. The molecule has 1 heterocycles. The smallest absolute Gasteiger partial charge is 0.339 e. The van der Waals surface area contributed by atoms with Crippen molar-refractivity contribution < 1.29 is 18.7 Å². The highest BCUT2D eigenvalue weighted by Crippen LogP contribution is 2.27. The number of carboxylic acid groups (broad SMARTS) is 1. The molecule has 0 saturated carbocycles. The van der Waals surface area contributed by atoms with E-state index in [2.05, 4.69) is 9.97 Å². The molecule has 0 unspecified atom stereocenters. The molecule has 1 N–H and O–H groups in total. The van der Waals surface area contributed by atoms with Gasteiger partial charge >= 0.3 is 5.97 Å². The molecule has 7 heteroatoms. The van der Waals surface area contributed by atoms with Gasteiger partial charge < -0.3 is 5.11 Å². The first-order valence-electron chi connectivity index (χ1n) is 5.22. The Morgan fingerprint density at radius 1 is 1.50 bits per heavy atom. The van der Waals surface area contributed by atoms with Gasteiger partial charge in [0.1, 0.15) is 17.1 Å². The van der Waals surface area contributed by atoms with Crippen LogP contribution < -0.4 is 0 Å². The fourth-order valence-corrected chi connectivity index (χ4v) is 1.82. The fraction of sp³-hybridized carbons (Fsp3) is 0.545. The zero-order valence-corrected chi connectivity index (χ0v) is 11.1. The van der Waals surface area contributed by atoms with Crippen molar-refractivity contribution in [3.05, 3.63) is 23.3 Å². The van der Waals surface area contributed by atoms with Crippen LogP contribution in [0.4, 0.5) is 8.78 Å². The average molecular weight is 276 g/mol. The number of nitrogens with zero attached hydrogens (tertiary/aromatic N) is 2. The number of aromatic carboxylic acids is 1. The van der Waals surface area contributed by atoms with Crippen LogP contribution in [-0.2, 0) is 5.75 Å². The first kappa shape index (κ1) is 14.8. The normalized spacial score (nSPS) is 11.9. The summed E-state index contributed by atoms with van der Waals surface area (Å²) in [5, 5.41) is 8.75. The summed E-state index contributed by atoms with van der Waals surface area (Å²) in [6, 6.07) is 0. The molecule has 100 valence electrons. The van der Waals surface area contributed by atoms with E-state index in [0.29, 0.717) is 5.75 Å². The molecule has 18 heavy (non-hydrogen) atoms. The lowest BCUT2D eigenvalue weighted by Gasteiger charge is -2.17. The van der Waals surface area contributed by atoms with Gasteiger partial charge in [-0.05, 0) is 0 Å². The topological polar surface area (TPSA) is 63.1 Å². The van der Waals surface area contributed by atoms with E-state index in [-0.39, 0.29) is 10.6 Å². The summed E-state index contributed by atoms with van der Waals surface area (Å²) < 4.78 is 25.3. The van der Waals surface area contributed by atoms with Crippen molar-refractivity contribution >= 4 is 17.7 Å². The summed E-state index contributed by atoms with van der Waals surface area (Å²) >= 11 is 1.50. The Hall–Kier alpha value is -1.24. The molecule has 4 nitrogen and oxygen atoms in total. The molecule has 1 aromatic heterocycles. The van der Waals surface area contributed by atoms with E-state index in [0.717, 1.165) is 6.20 Å². The Balaban J connectivity index is 2.97. The second-order valence-electron chi connectivity index (χ2n) is 4.59. The number of carboxylic acids is 1. The monoisotopic (exact) mass is 276 g/mol. The van der Waals surface area contributed by atoms with Crippen LogP contribution in [0, 0.1) is 0 Å². The lowest BCUT2D eigenvalue weighted by atomic mass is 10.2. The number of halogens is 2. The molecule has 0 atom stereocenters. The van der Waals surface area contributed by atoms with Crippen molar-refractivity contribution in [1.29, 1.82) is 0 Å². The molecule has 1 rings (SSSR count). The number of hydrogen-bond donors (Lipinski definition) is 1. The molecule has 0 aliphatic carbocycles. The Morgan fingerprint density at radius 3 is 2.56 bits per heavy atom. The largest absolute Gasteiger partial charge is 0.478 e. The number of hydrogen-bond acceptors (Lipinski definition) is 4. The minimum Gasteiger partial charge on any atom is -0.478 e. The lowest BCUT2D eigenvalue weighted by molar-refractivity contribution is 0.0681. The summed E-state index contributed by atoms with van der Waals surface area (Å²) in [6.07, 6.45) is -1.98. The molecule has 0 spiro atoms. The molecule has 0 bridgehead atoms. The van der Waals surface area contributed by atoms with Gasteiger partial charge in [0.25, 0.3) is 6.43 Å². The maximum atomic E-state index is 12.7. The summed E-state index contributed by atoms with van der Waals surface area (Å²) in [5.41, 5.74) is -1.27. The first-order valence-corrected chi connectivity index (χ1v) is 6.20. The van der Waals surface area contributed by atoms with Gasteiger partial charge in [0.15, 0.2) is 0 Å². The van der Waals surface area contributed by atoms with Crippen LogP contribution in [0.2, 0.25) is 0 Å². The zero-order chi connectivity index (χ0) is 13.9. The highest BCUT2D eigenvalue weighted by Gasteiger charge is 2.21. The molecular formula is C11H14F2N2O2S. The van der Waals surface area contributed by atoms with Crippen LogP contribution in [0.1, 0.15) is 49.1 Å². The Morgan fingerprint density at radius 2 is 2.11 bits per heavy atom. The Bertz CT molecular complexity index is 447. The van der Waals surface area contributed by atoms with E-state index in [4.69, 9.17) is 5.11 Å². The second-order valence-corrected chi connectivity index (χ2v) is 6.39. The number of carbonyl (C=O) groups is 1. The van der Waals surface area contributed by atoms with Crippen LogP contribution in [-0.4, -0.2) is 25.8 Å². The lowest BCUT2D eigenvalue weighted by Crippen LogP contribution is -2.12. The van der Waals surface area contributed by atoms with E-state index in [1.165, 1.54) is 11.8 Å². The zero-order valence-electron chi connectivity index (χ0n) is 10.3.